The molecule has 1 unspecified atom stereocenters. The van der Waals surface area contributed by atoms with Crippen LogP contribution in [0.25, 0.3) is 10.1 Å². The van der Waals surface area contributed by atoms with Crippen LogP contribution in [-0.4, -0.2) is 78.9 Å². The van der Waals surface area contributed by atoms with Crippen molar-refractivity contribution in [2.45, 2.75) is 77.8 Å². The third-order valence-corrected chi connectivity index (χ3v) is 7.18. The van der Waals surface area contributed by atoms with Crippen molar-refractivity contribution in [1.82, 2.24) is 0 Å². The van der Waals surface area contributed by atoms with Gasteiger partial charge in [0.1, 0.15) is 23.3 Å². The maximum absolute atomic E-state index is 12.6. The van der Waals surface area contributed by atoms with Gasteiger partial charge in [0.2, 0.25) is 12.4 Å². The molecule has 0 amide bonds. The van der Waals surface area contributed by atoms with Crippen molar-refractivity contribution in [3.05, 3.63) is 28.6 Å². The smallest absolute Gasteiger partial charge is 0.348 e. The van der Waals surface area contributed by atoms with Crippen LogP contribution in [0.2, 0.25) is 0 Å². The molecule has 232 valence electrons. The van der Waals surface area contributed by atoms with Gasteiger partial charge in [0.05, 0.1) is 12.7 Å². The number of benzene rings is 1. The Morgan fingerprint density at radius 2 is 1.58 bits per heavy atom. The van der Waals surface area contributed by atoms with E-state index in [1.165, 1.54) is 12.1 Å². The van der Waals surface area contributed by atoms with Gasteiger partial charge in [-0.1, -0.05) is 6.07 Å². The van der Waals surface area contributed by atoms with E-state index in [9.17, 15) is 29.1 Å². The highest BCUT2D eigenvalue weighted by Gasteiger charge is 2.53. The van der Waals surface area contributed by atoms with Gasteiger partial charge in [-0.2, -0.15) is 0 Å². The summed E-state index contributed by atoms with van der Waals surface area (Å²) in [5.41, 5.74) is 0.433. The van der Waals surface area contributed by atoms with Crippen molar-refractivity contribution >= 4 is 51.3 Å². The summed E-state index contributed by atoms with van der Waals surface area (Å²) < 4.78 is 39.2. The van der Waals surface area contributed by atoms with E-state index in [-0.39, 0.29) is 23.7 Å². The van der Waals surface area contributed by atoms with Gasteiger partial charge in [-0.05, 0) is 24.6 Å². The highest BCUT2D eigenvalue weighted by atomic mass is 32.1. The molecule has 3 rings (SSSR count). The quantitative estimate of drug-likeness (QED) is 0.221. The van der Waals surface area contributed by atoms with Crippen LogP contribution in [0.1, 0.15) is 62.4 Å². The molecule has 6 atom stereocenters. The van der Waals surface area contributed by atoms with Crippen LogP contribution in [-0.2, 0) is 47.6 Å². The second kappa shape index (κ2) is 14.8. The predicted molar refractivity (Wildman–Crippen MR) is 149 cm³/mol. The first kappa shape index (κ1) is 33.3. The van der Waals surface area contributed by atoms with E-state index >= 15 is 0 Å². The van der Waals surface area contributed by atoms with Crippen LogP contribution in [0, 0.1) is 12.3 Å². The van der Waals surface area contributed by atoms with Crippen molar-refractivity contribution < 1.29 is 62.2 Å². The summed E-state index contributed by atoms with van der Waals surface area (Å²) in [6, 6.07) is 4.55. The van der Waals surface area contributed by atoms with Gasteiger partial charge in [0.25, 0.3) is 0 Å². The molecule has 14 heteroatoms. The molecular formula is C29H32O13S. The summed E-state index contributed by atoms with van der Waals surface area (Å²) in [5.74, 6) is -1.10. The molecule has 1 aromatic heterocycles. The highest BCUT2D eigenvalue weighted by Crippen LogP contribution is 2.40. The second-order valence-electron chi connectivity index (χ2n) is 9.34. The lowest BCUT2D eigenvalue weighted by Gasteiger charge is -2.44. The molecule has 2 aromatic rings. The number of esters is 5. The number of hydrogen-bond acceptors (Lipinski definition) is 14. The third kappa shape index (κ3) is 8.44. The van der Waals surface area contributed by atoms with E-state index < -0.39 is 73.3 Å². The Balaban J connectivity index is 2.14. The van der Waals surface area contributed by atoms with Gasteiger partial charge >= 0.3 is 29.8 Å². The molecule has 1 aliphatic heterocycles. The Labute approximate surface area is 251 Å². The van der Waals surface area contributed by atoms with Crippen LogP contribution in [0.5, 0.6) is 5.75 Å². The molecule has 2 heterocycles. The molecule has 0 spiro atoms. The summed E-state index contributed by atoms with van der Waals surface area (Å²) in [4.78, 5) is 60.6. The first-order valence-electron chi connectivity index (χ1n) is 13.2. The zero-order chi connectivity index (χ0) is 31.8. The van der Waals surface area contributed by atoms with Crippen LogP contribution < -0.4 is 4.74 Å². The fourth-order valence-electron chi connectivity index (χ4n) is 4.42. The first-order valence-corrected chi connectivity index (χ1v) is 14.0. The van der Waals surface area contributed by atoms with Gasteiger partial charge in [0, 0.05) is 44.2 Å². The summed E-state index contributed by atoms with van der Waals surface area (Å²) >= 11 is 1.05. The lowest BCUT2D eigenvalue weighted by molar-refractivity contribution is -0.288. The molecule has 0 radical (unpaired) electrons. The van der Waals surface area contributed by atoms with E-state index in [2.05, 4.69) is 5.92 Å². The Kier molecular flexibility index (Phi) is 11.5. The molecule has 0 bridgehead atoms. The molecule has 1 aromatic carbocycles. The summed E-state index contributed by atoms with van der Waals surface area (Å²) in [6.45, 7) is 5.84. The normalized spacial score (nSPS) is 22.0. The van der Waals surface area contributed by atoms with Crippen LogP contribution in [0.15, 0.2) is 18.2 Å². The monoisotopic (exact) mass is 620 g/mol. The maximum atomic E-state index is 12.6. The minimum atomic E-state index is -1.50. The Bertz CT molecular complexity index is 1410. The average Bonchev–Trinajstić information content (AvgIpc) is 3.36. The number of hydrogen-bond donors (Lipinski definition) is 1. The number of carbonyl (C=O) groups is 5. The molecular weight excluding hydrogens is 588 g/mol. The fourth-order valence-corrected chi connectivity index (χ4v) is 5.55. The molecule has 1 aliphatic rings. The summed E-state index contributed by atoms with van der Waals surface area (Å²) in [7, 11) is 0. The zero-order valence-electron chi connectivity index (χ0n) is 24.1. The van der Waals surface area contributed by atoms with Gasteiger partial charge < -0.3 is 38.3 Å². The summed E-state index contributed by atoms with van der Waals surface area (Å²) in [5, 5.41) is 11.0. The predicted octanol–water partition coefficient (Wildman–Crippen LogP) is 2.60. The highest BCUT2D eigenvalue weighted by molar-refractivity contribution is 7.21. The average molecular weight is 621 g/mol. The number of aliphatic hydroxyl groups is 1. The SMILES string of the molecule is C#CCC(O)c1ccc(O[C@@H]2O[C@H](COC(C)=O)[C@H](OC(C)=O)[C@H](OC(C)=O)[C@H]2OC(C)=O)c2cc(C(=O)OCC)sc12. The van der Waals surface area contributed by atoms with Crippen molar-refractivity contribution in [2.75, 3.05) is 13.2 Å². The molecule has 13 nitrogen and oxygen atoms in total. The lowest BCUT2D eigenvalue weighted by atomic mass is 9.98. The van der Waals surface area contributed by atoms with Crippen molar-refractivity contribution in [2.24, 2.45) is 0 Å². The van der Waals surface area contributed by atoms with E-state index in [0.29, 0.717) is 15.6 Å². The number of thiophene rings is 1. The van der Waals surface area contributed by atoms with Crippen molar-refractivity contribution in [1.29, 1.82) is 0 Å². The van der Waals surface area contributed by atoms with Crippen LogP contribution >= 0.6 is 11.3 Å². The lowest BCUT2D eigenvalue weighted by Crippen LogP contribution is -2.63. The Morgan fingerprint density at radius 3 is 2.16 bits per heavy atom. The standard InChI is InChI=1S/C29H32O13S/c1-7-9-20(34)18-10-11-21(19-12-23(43-27(18)19)28(35)36-8-2)41-29-26(40-17(6)33)25(39-16(5)32)24(38-15(4)31)22(42-29)13-37-14(3)30/h1,10-12,20,22,24-26,29,34H,8-9,13H2,2-6H3/t20?,22-,24+,25+,26-,29-/m1/s1. The minimum absolute atomic E-state index is 0.00162. The molecule has 43 heavy (non-hydrogen) atoms. The summed E-state index contributed by atoms with van der Waals surface area (Å²) in [6.07, 6.45) is -2.65. The maximum Gasteiger partial charge on any atom is 0.348 e. The minimum Gasteiger partial charge on any atom is -0.463 e. The van der Waals surface area contributed by atoms with E-state index in [4.69, 9.17) is 39.6 Å². The van der Waals surface area contributed by atoms with Gasteiger partial charge in [-0.3, -0.25) is 19.2 Å². The van der Waals surface area contributed by atoms with E-state index in [0.717, 1.165) is 39.0 Å². The first-order chi connectivity index (χ1) is 20.4. The number of fused-ring (bicyclic) bond motifs is 1. The molecule has 1 N–H and O–H groups in total. The van der Waals surface area contributed by atoms with Gasteiger partial charge in [0.15, 0.2) is 12.2 Å². The number of aliphatic hydroxyl groups excluding tert-OH is 1. The number of carbonyl (C=O) groups excluding carboxylic acids is 5. The molecule has 1 fully saturated rings. The molecule has 1 saturated heterocycles. The number of terminal acetylenes is 1. The van der Waals surface area contributed by atoms with Crippen molar-refractivity contribution in [3.8, 4) is 18.1 Å². The second-order valence-corrected chi connectivity index (χ2v) is 10.4. The van der Waals surface area contributed by atoms with Crippen LogP contribution in [0.4, 0.5) is 0 Å². The third-order valence-electron chi connectivity index (χ3n) is 6.01. The Hall–Kier alpha value is -4.19. The fraction of sp³-hybridized carbons (Fsp3) is 0.483. The van der Waals surface area contributed by atoms with Gasteiger partial charge in [-0.15, -0.1) is 23.7 Å². The van der Waals surface area contributed by atoms with Gasteiger partial charge in [-0.25, -0.2) is 4.79 Å². The van der Waals surface area contributed by atoms with E-state index in [1.54, 1.807) is 13.0 Å². The number of ether oxygens (including phenoxy) is 7. The largest absolute Gasteiger partial charge is 0.463 e. The molecule has 0 aliphatic carbocycles. The zero-order valence-corrected chi connectivity index (χ0v) is 25.0. The molecule has 0 saturated carbocycles. The van der Waals surface area contributed by atoms with Crippen LogP contribution in [0.3, 0.4) is 0 Å². The van der Waals surface area contributed by atoms with Crippen molar-refractivity contribution in [3.63, 3.8) is 0 Å². The Morgan fingerprint density at radius 1 is 0.953 bits per heavy atom. The van der Waals surface area contributed by atoms with E-state index in [1.807, 2.05) is 0 Å². The number of rotatable bonds is 11. The topological polar surface area (TPSA) is 170 Å².